The Kier molecular flexibility index (Phi) is 5.94. The lowest BCUT2D eigenvalue weighted by atomic mass is 10.2. The molecule has 2 heterocycles. The summed E-state index contributed by atoms with van der Waals surface area (Å²) in [4.78, 5) is 13.8. The Morgan fingerprint density at radius 1 is 1.45 bits per heavy atom. The predicted molar refractivity (Wildman–Crippen MR) is 74.0 cm³/mol. The van der Waals surface area contributed by atoms with Gasteiger partial charge in [0.2, 0.25) is 5.91 Å². The van der Waals surface area contributed by atoms with Gasteiger partial charge in [-0.3, -0.25) is 9.48 Å². The van der Waals surface area contributed by atoms with Crippen LogP contribution >= 0.6 is 0 Å². The van der Waals surface area contributed by atoms with Gasteiger partial charge in [0, 0.05) is 38.8 Å². The first-order chi connectivity index (χ1) is 9.79. The molecule has 0 bridgehead atoms. The molecule has 7 heteroatoms. The standard InChI is InChI=1S/C13H23N5O2/c1-2-14-10-12-11-18(16-15-12)5-3-4-13(19)17-6-8-20-9-7-17/h11,14H,2-10H2,1H3. The Morgan fingerprint density at radius 3 is 3.00 bits per heavy atom. The zero-order valence-corrected chi connectivity index (χ0v) is 12.0. The quantitative estimate of drug-likeness (QED) is 0.763. The summed E-state index contributed by atoms with van der Waals surface area (Å²) in [5.41, 5.74) is 0.936. The average molecular weight is 281 g/mol. The Labute approximate surface area is 119 Å². The van der Waals surface area contributed by atoms with Gasteiger partial charge in [0.25, 0.3) is 0 Å². The lowest BCUT2D eigenvalue weighted by molar-refractivity contribution is -0.135. The number of nitrogens with one attached hydrogen (secondary N) is 1. The molecule has 2 rings (SSSR count). The van der Waals surface area contributed by atoms with Gasteiger partial charge in [-0.2, -0.15) is 0 Å². The highest BCUT2D eigenvalue weighted by molar-refractivity contribution is 5.76. The number of hydrogen-bond donors (Lipinski definition) is 1. The molecule has 0 aliphatic carbocycles. The average Bonchev–Trinajstić information content (AvgIpc) is 2.94. The summed E-state index contributed by atoms with van der Waals surface area (Å²) in [6.07, 6.45) is 3.28. The van der Waals surface area contributed by atoms with Gasteiger partial charge in [-0.25, -0.2) is 0 Å². The van der Waals surface area contributed by atoms with Gasteiger partial charge in [-0.1, -0.05) is 12.1 Å². The summed E-state index contributed by atoms with van der Waals surface area (Å²) in [6, 6.07) is 0. The van der Waals surface area contributed by atoms with Crippen LogP contribution in [0.3, 0.4) is 0 Å². The second kappa shape index (κ2) is 7.96. The molecule has 1 amide bonds. The fourth-order valence-corrected chi connectivity index (χ4v) is 2.15. The molecule has 1 saturated heterocycles. The van der Waals surface area contributed by atoms with E-state index in [4.69, 9.17) is 4.74 Å². The maximum Gasteiger partial charge on any atom is 0.222 e. The van der Waals surface area contributed by atoms with Gasteiger partial charge in [0.15, 0.2) is 0 Å². The minimum absolute atomic E-state index is 0.210. The van der Waals surface area contributed by atoms with Gasteiger partial charge >= 0.3 is 0 Å². The van der Waals surface area contributed by atoms with Crippen molar-refractivity contribution >= 4 is 5.91 Å². The molecule has 20 heavy (non-hydrogen) atoms. The van der Waals surface area contributed by atoms with E-state index >= 15 is 0 Å². The van der Waals surface area contributed by atoms with Crippen molar-refractivity contribution in [3.63, 3.8) is 0 Å². The van der Waals surface area contributed by atoms with E-state index in [1.165, 1.54) is 0 Å². The molecule has 7 nitrogen and oxygen atoms in total. The third-order valence-corrected chi connectivity index (χ3v) is 3.28. The molecule has 1 N–H and O–H groups in total. The van der Waals surface area contributed by atoms with Crippen molar-refractivity contribution in [1.29, 1.82) is 0 Å². The molecule has 0 spiro atoms. The minimum atomic E-state index is 0.210. The van der Waals surface area contributed by atoms with Crippen LogP contribution in [0, 0.1) is 0 Å². The first-order valence-corrected chi connectivity index (χ1v) is 7.25. The SMILES string of the molecule is CCNCc1cn(CCCC(=O)N2CCOCC2)nn1. The van der Waals surface area contributed by atoms with Gasteiger partial charge < -0.3 is 15.0 Å². The highest BCUT2D eigenvalue weighted by atomic mass is 16.5. The fourth-order valence-electron chi connectivity index (χ4n) is 2.15. The predicted octanol–water partition coefficient (Wildman–Crippen LogP) is 0.0266. The lowest BCUT2D eigenvalue weighted by Crippen LogP contribution is -2.40. The van der Waals surface area contributed by atoms with E-state index in [0.29, 0.717) is 19.6 Å². The molecule has 1 aliphatic heterocycles. The van der Waals surface area contributed by atoms with Crippen LogP contribution in [0.1, 0.15) is 25.5 Å². The van der Waals surface area contributed by atoms with Crippen LogP contribution in [0.25, 0.3) is 0 Å². The Balaban J connectivity index is 1.67. The highest BCUT2D eigenvalue weighted by Crippen LogP contribution is 2.04. The smallest absolute Gasteiger partial charge is 0.222 e. The summed E-state index contributed by atoms with van der Waals surface area (Å²) >= 11 is 0. The molecule has 1 aromatic rings. The second-order valence-electron chi connectivity index (χ2n) is 4.85. The lowest BCUT2D eigenvalue weighted by Gasteiger charge is -2.26. The zero-order chi connectivity index (χ0) is 14.2. The number of carbonyl (C=O) groups is 1. The minimum Gasteiger partial charge on any atom is -0.378 e. The second-order valence-corrected chi connectivity index (χ2v) is 4.85. The van der Waals surface area contributed by atoms with E-state index in [0.717, 1.165) is 44.8 Å². The fraction of sp³-hybridized carbons (Fsp3) is 0.769. The summed E-state index contributed by atoms with van der Waals surface area (Å²) in [5, 5.41) is 11.3. The van der Waals surface area contributed by atoms with E-state index in [2.05, 4.69) is 22.6 Å². The summed E-state index contributed by atoms with van der Waals surface area (Å²) in [7, 11) is 0. The molecule has 0 radical (unpaired) electrons. The maximum absolute atomic E-state index is 11.9. The van der Waals surface area contributed by atoms with E-state index in [-0.39, 0.29) is 5.91 Å². The first-order valence-electron chi connectivity index (χ1n) is 7.25. The van der Waals surface area contributed by atoms with Crippen molar-refractivity contribution in [2.75, 3.05) is 32.8 Å². The van der Waals surface area contributed by atoms with Gasteiger partial charge in [0.05, 0.1) is 18.9 Å². The number of carbonyl (C=O) groups excluding carboxylic acids is 1. The molecule has 1 fully saturated rings. The molecular weight excluding hydrogens is 258 g/mol. The number of hydrogen-bond acceptors (Lipinski definition) is 5. The Morgan fingerprint density at radius 2 is 2.25 bits per heavy atom. The van der Waals surface area contributed by atoms with Crippen LogP contribution in [-0.4, -0.2) is 58.6 Å². The van der Waals surface area contributed by atoms with Crippen LogP contribution < -0.4 is 5.32 Å². The largest absolute Gasteiger partial charge is 0.378 e. The molecule has 1 aromatic heterocycles. The van der Waals surface area contributed by atoms with E-state index in [9.17, 15) is 4.79 Å². The van der Waals surface area contributed by atoms with Crippen molar-refractivity contribution in [2.24, 2.45) is 0 Å². The molecule has 112 valence electrons. The normalized spacial score (nSPS) is 15.6. The number of aryl methyl sites for hydroxylation is 1. The topological polar surface area (TPSA) is 72.3 Å². The molecule has 0 atom stereocenters. The van der Waals surface area contributed by atoms with E-state index < -0.39 is 0 Å². The van der Waals surface area contributed by atoms with E-state index in [1.54, 1.807) is 4.68 Å². The highest BCUT2D eigenvalue weighted by Gasteiger charge is 2.16. The van der Waals surface area contributed by atoms with Crippen LogP contribution in [-0.2, 0) is 22.6 Å². The van der Waals surface area contributed by atoms with Crippen LogP contribution in [0.5, 0.6) is 0 Å². The van der Waals surface area contributed by atoms with Gasteiger partial charge in [0.1, 0.15) is 0 Å². The van der Waals surface area contributed by atoms with E-state index in [1.807, 2.05) is 11.1 Å². The van der Waals surface area contributed by atoms with Crippen molar-refractivity contribution in [3.8, 4) is 0 Å². The summed E-state index contributed by atoms with van der Waals surface area (Å²) < 4.78 is 7.04. The summed E-state index contributed by atoms with van der Waals surface area (Å²) in [5.74, 6) is 0.210. The third-order valence-electron chi connectivity index (χ3n) is 3.28. The van der Waals surface area contributed by atoms with Crippen LogP contribution in [0.15, 0.2) is 6.20 Å². The first kappa shape index (κ1) is 14.9. The van der Waals surface area contributed by atoms with Gasteiger partial charge in [-0.05, 0) is 13.0 Å². The molecular formula is C13H23N5O2. The summed E-state index contributed by atoms with van der Waals surface area (Å²) in [6.45, 7) is 7.19. The number of ether oxygens (including phenoxy) is 1. The number of rotatable bonds is 7. The molecule has 0 saturated carbocycles. The van der Waals surface area contributed by atoms with Gasteiger partial charge in [-0.15, -0.1) is 5.10 Å². The molecule has 0 unspecified atom stereocenters. The molecule has 0 aromatic carbocycles. The number of morpholine rings is 1. The number of nitrogens with zero attached hydrogens (tertiary/aromatic N) is 4. The number of amides is 1. The monoisotopic (exact) mass is 281 g/mol. The Bertz CT molecular complexity index is 415. The van der Waals surface area contributed by atoms with Crippen molar-refractivity contribution in [3.05, 3.63) is 11.9 Å². The van der Waals surface area contributed by atoms with Crippen LogP contribution in [0.2, 0.25) is 0 Å². The molecule has 1 aliphatic rings. The van der Waals surface area contributed by atoms with Crippen LogP contribution in [0.4, 0.5) is 0 Å². The van der Waals surface area contributed by atoms with Crippen molar-refractivity contribution in [1.82, 2.24) is 25.2 Å². The number of aromatic nitrogens is 3. The zero-order valence-electron chi connectivity index (χ0n) is 12.0. The van der Waals surface area contributed by atoms with Crippen molar-refractivity contribution < 1.29 is 9.53 Å². The maximum atomic E-state index is 11.9. The van der Waals surface area contributed by atoms with Crippen molar-refractivity contribution in [2.45, 2.75) is 32.9 Å². The third kappa shape index (κ3) is 4.57. The Hall–Kier alpha value is -1.47.